The van der Waals surface area contributed by atoms with Gasteiger partial charge in [0.2, 0.25) is 5.91 Å². The number of nitrogens with one attached hydrogen (secondary N) is 4. The molecule has 0 saturated carbocycles. The number of hydrogen-bond acceptors (Lipinski definition) is 5. The summed E-state index contributed by atoms with van der Waals surface area (Å²) >= 11 is 0. The number of hydrogen-bond donors (Lipinski definition) is 4. The Morgan fingerprint density at radius 1 is 1.33 bits per heavy atom. The fourth-order valence-corrected chi connectivity index (χ4v) is 2.02. The summed E-state index contributed by atoms with van der Waals surface area (Å²) < 4.78 is 5.62. The van der Waals surface area contributed by atoms with Crippen LogP contribution in [0.15, 0.2) is 24.3 Å². The zero-order chi connectivity index (χ0) is 15.3. The Bertz CT molecular complexity index is 462. The highest BCUT2D eigenvalue weighted by molar-refractivity contribution is 5.82. The van der Waals surface area contributed by atoms with Gasteiger partial charge in [0.05, 0.1) is 6.54 Å². The highest BCUT2D eigenvalue weighted by Gasteiger charge is 2.21. The van der Waals surface area contributed by atoms with Crippen LogP contribution >= 0.6 is 0 Å². The van der Waals surface area contributed by atoms with Crippen LogP contribution in [0.4, 0.5) is 0 Å². The summed E-state index contributed by atoms with van der Waals surface area (Å²) in [7, 11) is 0. The molecule has 1 aliphatic heterocycles. The summed E-state index contributed by atoms with van der Waals surface area (Å²) in [6.45, 7) is 8.05. The highest BCUT2D eigenvalue weighted by atomic mass is 16.5. The van der Waals surface area contributed by atoms with Gasteiger partial charge in [-0.25, -0.2) is 10.9 Å². The molecule has 2 rings (SSSR count). The average molecular weight is 292 g/mol. The van der Waals surface area contributed by atoms with E-state index in [4.69, 9.17) is 4.74 Å². The van der Waals surface area contributed by atoms with Crippen LogP contribution in [0.5, 0.6) is 5.75 Å². The maximum atomic E-state index is 11.7. The first-order valence-electron chi connectivity index (χ1n) is 7.21. The van der Waals surface area contributed by atoms with Crippen molar-refractivity contribution in [2.45, 2.75) is 32.2 Å². The molecule has 21 heavy (non-hydrogen) atoms. The van der Waals surface area contributed by atoms with E-state index in [9.17, 15) is 4.79 Å². The lowest BCUT2D eigenvalue weighted by Crippen LogP contribution is -2.45. The van der Waals surface area contributed by atoms with E-state index in [-0.39, 0.29) is 17.4 Å². The van der Waals surface area contributed by atoms with Crippen LogP contribution < -0.4 is 26.4 Å². The largest absolute Gasteiger partial charge is 0.492 e. The molecule has 1 saturated heterocycles. The van der Waals surface area contributed by atoms with Gasteiger partial charge in [-0.05, 0) is 23.1 Å². The maximum absolute atomic E-state index is 11.7. The monoisotopic (exact) mass is 292 g/mol. The molecule has 0 spiro atoms. The van der Waals surface area contributed by atoms with Crippen LogP contribution in [0.3, 0.4) is 0 Å². The Kier molecular flexibility index (Phi) is 5.17. The lowest BCUT2D eigenvalue weighted by Gasteiger charge is -2.19. The second-order valence-corrected chi connectivity index (χ2v) is 6.12. The highest BCUT2D eigenvalue weighted by Crippen LogP contribution is 2.24. The summed E-state index contributed by atoms with van der Waals surface area (Å²) in [6.07, 6.45) is 0. The van der Waals surface area contributed by atoms with Gasteiger partial charge in [-0.1, -0.05) is 32.9 Å². The first-order chi connectivity index (χ1) is 9.97. The van der Waals surface area contributed by atoms with Crippen LogP contribution in [-0.2, 0) is 10.2 Å². The normalized spacial score (nSPS) is 18.5. The summed E-state index contributed by atoms with van der Waals surface area (Å²) in [5.74, 6) is 0.777. The molecule has 1 atom stereocenters. The van der Waals surface area contributed by atoms with E-state index in [1.165, 1.54) is 5.56 Å². The van der Waals surface area contributed by atoms with E-state index in [0.29, 0.717) is 19.7 Å². The third kappa shape index (κ3) is 4.70. The Labute approximate surface area is 125 Å². The number of hydrazine groups is 2. The number of ether oxygens (including phenoxy) is 1. The van der Waals surface area contributed by atoms with Gasteiger partial charge in [0.15, 0.2) is 0 Å². The van der Waals surface area contributed by atoms with Crippen molar-refractivity contribution in [3.63, 3.8) is 0 Å². The summed E-state index contributed by atoms with van der Waals surface area (Å²) in [5.41, 5.74) is 9.77. The lowest BCUT2D eigenvalue weighted by atomic mass is 9.87. The molecule has 1 fully saturated rings. The summed E-state index contributed by atoms with van der Waals surface area (Å²) in [4.78, 5) is 11.7. The fraction of sp³-hybridized carbons (Fsp3) is 0.533. The van der Waals surface area contributed by atoms with Crippen molar-refractivity contribution in [2.24, 2.45) is 0 Å². The van der Waals surface area contributed by atoms with Gasteiger partial charge < -0.3 is 10.1 Å². The lowest BCUT2D eigenvalue weighted by molar-refractivity contribution is -0.122. The standard InChI is InChI=1S/C15H24N4O2/c1-15(2,3)11-4-6-12(7-5-11)21-9-8-16-14(20)13-10-17-19-18-13/h4-7,13,17-19H,8-10H2,1-3H3,(H,16,20). The molecule has 1 amide bonds. The number of benzene rings is 1. The van der Waals surface area contributed by atoms with Gasteiger partial charge in [0.1, 0.15) is 18.4 Å². The van der Waals surface area contributed by atoms with Gasteiger partial charge in [0, 0.05) is 6.54 Å². The topological polar surface area (TPSA) is 74.4 Å². The van der Waals surface area contributed by atoms with Crippen molar-refractivity contribution in [3.8, 4) is 5.75 Å². The molecule has 1 aliphatic rings. The molecule has 1 heterocycles. The minimum atomic E-state index is -0.240. The first-order valence-corrected chi connectivity index (χ1v) is 7.21. The van der Waals surface area contributed by atoms with Crippen molar-refractivity contribution in [3.05, 3.63) is 29.8 Å². The second kappa shape index (κ2) is 6.89. The average Bonchev–Trinajstić information content (AvgIpc) is 2.97. The predicted molar refractivity (Wildman–Crippen MR) is 81.7 cm³/mol. The molecule has 0 aromatic heterocycles. The smallest absolute Gasteiger partial charge is 0.240 e. The Morgan fingerprint density at radius 3 is 2.62 bits per heavy atom. The molecular formula is C15H24N4O2. The molecule has 0 aliphatic carbocycles. The van der Waals surface area contributed by atoms with Gasteiger partial charge in [-0.3, -0.25) is 4.79 Å². The Hall–Kier alpha value is -1.63. The summed E-state index contributed by atoms with van der Waals surface area (Å²) in [5, 5.41) is 2.82. The van der Waals surface area contributed by atoms with Crippen molar-refractivity contribution in [1.82, 2.24) is 21.7 Å². The molecule has 4 N–H and O–H groups in total. The van der Waals surface area contributed by atoms with Crippen LogP contribution in [-0.4, -0.2) is 31.6 Å². The fourth-order valence-electron chi connectivity index (χ4n) is 2.02. The van der Waals surface area contributed by atoms with Crippen LogP contribution in [0.2, 0.25) is 0 Å². The SMILES string of the molecule is CC(C)(C)c1ccc(OCCNC(=O)C2CNNN2)cc1. The van der Waals surface area contributed by atoms with E-state index in [1.54, 1.807) is 0 Å². The zero-order valence-electron chi connectivity index (χ0n) is 12.8. The Balaban J connectivity index is 1.70. The molecule has 6 nitrogen and oxygen atoms in total. The molecule has 1 unspecified atom stereocenters. The van der Waals surface area contributed by atoms with E-state index < -0.39 is 0 Å². The van der Waals surface area contributed by atoms with Gasteiger partial charge >= 0.3 is 0 Å². The molecule has 116 valence electrons. The van der Waals surface area contributed by atoms with E-state index in [0.717, 1.165) is 5.75 Å². The number of carbonyl (C=O) groups is 1. The molecule has 6 heteroatoms. The third-order valence-electron chi connectivity index (χ3n) is 3.35. The van der Waals surface area contributed by atoms with Crippen molar-refractivity contribution < 1.29 is 9.53 Å². The van der Waals surface area contributed by atoms with Gasteiger partial charge in [0.25, 0.3) is 0 Å². The molecule has 1 aromatic rings. The minimum Gasteiger partial charge on any atom is -0.492 e. The van der Waals surface area contributed by atoms with Crippen LogP contribution in [0.1, 0.15) is 26.3 Å². The second-order valence-electron chi connectivity index (χ2n) is 6.12. The number of rotatable bonds is 5. The molecular weight excluding hydrogens is 268 g/mol. The minimum absolute atomic E-state index is 0.0424. The van der Waals surface area contributed by atoms with Crippen molar-refractivity contribution in [2.75, 3.05) is 19.7 Å². The predicted octanol–water partition coefficient (Wildman–Crippen LogP) is 0.460. The van der Waals surface area contributed by atoms with E-state index in [2.05, 4.69) is 54.6 Å². The van der Waals surface area contributed by atoms with Gasteiger partial charge in [-0.15, -0.1) is 0 Å². The van der Waals surface area contributed by atoms with E-state index in [1.807, 2.05) is 12.1 Å². The molecule has 0 bridgehead atoms. The van der Waals surface area contributed by atoms with Crippen molar-refractivity contribution in [1.29, 1.82) is 0 Å². The third-order valence-corrected chi connectivity index (χ3v) is 3.35. The molecule has 0 radical (unpaired) electrons. The van der Waals surface area contributed by atoms with Crippen molar-refractivity contribution >= 4 is 5.91 Å². The van der Waals surface area contributed by atoms with Gasteiger partial charge in [-0.2, -0.15) is 5.53 Å². The quantitative estimate of drug-likeness (QED) is 0.593. The summed E-state index contributed by atoms with van der Waals surface area (Å²) in [6, 6.07) is 7.85. The Morgan fingerprint density at radius 2 is 2.05 bits per heavy atom. The van der Waals surface area contributed by atoms with Crippen LogP contribution in [0, 0.1) is 0 Å². The maximum Gasteiger partial charge on any atom is 0.240 e. The number of carbonyl (C=O) groups excluding carboxylic acids is 1. The van der Waals surface area contributed by atoms with E-state index >= 15 is 0 Å². The number of amides is 1. The molecule has 1 aromatic carbocycles. The first kappa shape index (κ1) is 15.8. The van der Waals surface area contributed by atoms with Crippen LogP contribution in [0.25, 0.3) is 0 Å². The zero-order valence-corrected chi connectivity index (χ0v) is 12.8.